The van der Waals surface area contributed by atoms with E-state index in [1.165, 1.54) is 0 Å². The first-order valence-corrected chi connectivity index (χ1v) is 6.81. The molecule has 6 nitrogen and oxygen atoms in total. The van der Waals surface area contributed by atoms with Crippen LogP contribution in [0.1, 0.15) is 13.3 Å². The van der Waals surface area contributed by atoms with Crippen LogP contribution in [-0.2, 0) is 4.74 Å². The SMILES string of the molecule is CNc1cccc(N2CCC(C)C(OC)C2)c1[N+](=O)[O-]. The molecule has 1 aliphatic heterocycles. The average molecular weight is 279 g/mol. The lowest BCUT2D eigenvalue weighted by atomic mass is 9.95. The largest absolute Gasteiger partial charge is 0.382 e. The second-order valence-electron chi connectivity index (χ2n) is 5.17. The van der Waals surface area contributed by atoms with Gasteiger partial charge in [-0.05, 0) is 24.5 Å². The molecule has 2 atom stereocenters. The second-order valence-corrected chi connectivity index (χ2v) is 5.17. The number of methoxy groups -OCH3 is 1. The van der Waals surface area contributed by atoms with E-state index < -0.39 is 0 Å². The van der Waals surface area contributed by atoms with E-state index in [0.29, 0.717) is 23.8 Å². The minimum absolute atomic E-state index is 0.113. The standard InChI is InChI=1S/C14H21N3O3/c1-10-7-8-16(9-13(10)20-3)12-6-4-5-11(15-2)14(12)17(18)19/h4-6,10,13,15H,7-9H2,1-3H3. The van der Waals surface area contributed by atoms with Gasteiger partial charge in [0.05, 0.1) is 11.0 Å². The van der Waals surface area contributed by atoms with E-state index in [0.717, 1.165) is 13.0 Å². The quantitative estimate of drug-likeness (QED) is 0.677. The molecule has 6 heteroatoms. The number of hydrogen-bond acceptors (Lipinski definition) is 5. The molecule has 0 amide bonds. The predicted molar refractivity (Wildman–Crippen MR) is 79.4 cm³/mol. The molecule has 2 rings (SSSR count). The molecule has 1 aromatic rings. The fraction of sp³-hybridized carbons (Fsp3) is 0.571. The molecule has 1 aliphatic rings. The van der Waals surface area contributed by atoms with Crippen molar-refractivity contribution in [2.75, 3.05) is 37.5 Å². The van der Waals surface area contributed by atoms with Gasteiger partial charge in [0.2, 0.25) is 0 Å². The number of anilines is 2. The number of rotatable bonds is 4. The van der Waals surface area contributed by atoms with Gasteiger partial charge in [-0.3, -0.25) is 10.1 Å². The number of para-hydroxylation sites is 1. The van der Waals surface area contributed by atoms with Gasteiger partial charge in [0.25, 0.3) is 0 Å². The van der Waals surface area contributed by atoms with Crippen LogP contribution in [0.15, 0.2) is 18.2 Å². The Balaban J connectivity index is 2.35. The van der Waals surface area contributed by atoms with Crippen LogP contribution in [-0.4, -0.2) is 38.3 Å². The van der Waals surface area contributed by atoms with E-state index in [2.05, 4.69) is 12.2 Å². The van der Waals surface area contributed by atoms with E-state index in [1.54, 1.807) is 20.2 Å². The van der Waals surface area contributed by atoms with Gasteiger partial charge in [0.1, 0.15) is 11.4 Å². The lowest BCUT2D eigenvalue weighted by molar-refractivity contribution is -0.383. The number of nitro groups is 1. The molecular formula is C14H21N3O3. The molecule has 1 saturated heterocycles. The fourth-order valence-corrected chi connectivity index (χ4v) is 2.74. The van der Waals surface area contributed by atoms with Crippen molar-refractivity contribution in [3.63, 3.8) is 0 Å². The summed E-state index contributed by atoms with van der Waals surface area (Å²) in [6.07, 6.45) is 1.08. The molecule has 0 spiro atoms. The van der Waals surface area contributed by atoms with Crippen LogP contribution >= 0.6 is 0 Å². The normalized spacial score (nSPS) is 22.6. The van der Waals surface area contributed by atoms with E-state index >= 15 is 0 Å². The van der Waals surface area contributed by atoms with Gasteiger partial charge in [-0.1, -0.05) is 13.0 Å². The summed E-state index contributed by atoms with van der Waals surface area (Å²) in [6.45, 7) is 3.66. The summed E-state index contributed by atoms with van der Waals surface area (Å²) >= 11 is 0. The maximum atomic E-state index is 11.4. The van der Waals surface area contributed by atoms with Gasteiger partial charge < -0.3 is 15.0 Å². The van der Waals surface area contributed by atoms with Gasteiger partial charge in [-0.15, -0.1) is 0 Å². The Morgan fingerprint density at radius 1 is 1.50 bits per heavy atom. The lowest BCUT2D eigenvalue weighted by Gasteiger charge is -2.37. The van der Waals surface area contributed by atoms with Crippen molar-refractivity contribution in [2.45, 2.75) is 19.4 Å². The van der Waals surface area contributed by atoms with Gasteiger partial charge in [0, 0.05) is 27.2 Å². The zero-order valence-electron chi connectivity index (χ0n) is 12.1. The highest BCUT2D eigenvalue weighted by molar-refractivity contribution is 5.77. The van der Waals surface area contributed by atoms with Gasteiger partial charge in [-0.25, -0.2) is 0 Å². The van der Waals surface area contributed by atoms with Crippen LogP contribution in [0.25, 0.3) is 0 Å². The molecule has 0 aromatic heterocycles. The van der Waals surface area contributed by atoms with Crippen LogP contribution in [0, 0.1) is 16.0 Å². The number of piperidine rings is 1. The second kappa shape index (κ2) is 6.09. The van der Waals surface area contributed by atoms with Crippen LogP contribution in [0.4, 0.5) is 17.1 Å². The minimum atomic E-state index is -0.318. The van der Waals surface area contributed by atoms with Crippen molar-refractivity contribution < 1.29 is 9.66 Å². The van der Waals surface area contributed by atoms with Crippen LogP contribution < -0.4 is 10.2 Å². The predicted octanol–water partition coefficient (Wildman–Crippen LogP) is 2.50. The van der Waals surface area contributed by atoms with Crippen molar-refractivity contribution >= 4 is 17.1 Å². The van der Waals surface area contributed by atoms with Crippen molar-refractivity contribution in [2.24, 2.45) is 5.92 Å². The first-order chi connectivity index (χ1) is 9.58. The zero-order valence-corrected chi connectivity index (χ0v) is 12.1. The molecule has 1 heterocycles. The van der Waals surface area contributed by atoms with Crippen molar-refractivity contribution in [3.8, 4) is 0 Å². The lowest BCUT2D eigenvalue weighted by Crippen LogP contribution is -2.44. The Bertz CT molecular complexity index is 493. The molecule has 1 fully saturated rings. The highest BCUT2D eigenvalue weighted by atomic mass is 16.6. The molecule has 1 aromatic carbocycles. The first-order valence-electron chi connectivity index (χ1n) is 6.81. The number of benzene rings is 1. The Morgan fingerprint density at radius 2 is 2.25 bits per heavy atom. The molecule has 110 valence electrons. The third kappa shape index (κ3) is 2.70. The molecule has 20 heavy (non-hydrogen) atoms. The van der Waals surface area contributed by atoms with Crippen molar-refractivity contribution in [1.29, 1.82) is 0 Å². The molecule has 0 bridgehead atoms. The van der Waals surface area contributed by atoms with Crippen LogP contribution in [0.3, 0.4) is 0 Å². The van der Waals surface area contributed by atoms with Crippen molar-refractivity contribution in [3.05, 3.63) is 28.3 Å². The summed E-state index contributed by atoms with van der Waals surface area (Å²) < 4.78 is 5.48. The van der Waals surface area contributed by atoms with Crippen LogP contribution in [0.5, 0.6) is 0 Å². The maximum absolute atomic E-state index is 11.4. The van der Waals surface area contributed by atoms with Gasteiger partial charge >= 0.3 is 5.69 Å². The molecule has 0 aliphatic carbocycles. The zero-order chi connectivity index (χ0) is 14.7. The van der Waals surface area contributed by atoms with Crippen molar-refractivity contribution in [1.82, 2.24) is 0 Å². The summed E-state index contributed by atoms with van der Waals surface area (Å²) in [6, 6.07) is 5.37. The number of ether oxygens (including phenoxy) is 1. The average Bonchev–Trinajstić information content (AvgIpc) is 2.46. The highest BCUT2D eigenvalue weighted by Crippen LogP contribution is 2.37. The summed E-state index contributed by atoms with van der Waals surface area (Å²) in [4.78, 5) is 13.1. The Labute approximate surface area is 118 Å². The highest BCUT2D eigenvalue weighted by Gasteiger charge is 2.30. The molecule has 0 radical (unpaired) electrons. The smallest absolute Gasteiger partial charge is 0.315 e. The number of nitrogens with zero attached hydrogens (tertiary/aromatic N) is 2. The Hall–Kier alpha value is -1.82. The van der Waals surface area contributed by atoms with E-state index in [-0.39, 0.29) is 16.7 Å². The third-order valence-electron chi connectivity index (χ3n) is 4.00. The van der Waals surface area contributed by atoms with Gasteiger partial charge in [-0.2, -0.15) is 0 Å². The number of nitrogens with one attached hydrogen (secondary N) is 1. The summed E-state index contributed by atoms with van der Waals surface area (Å²) in [5, 5.41) is 14.3. The molecule has 0 saturated carbocycles. The Kier molecular flexibility index (Phi) is 4.44. The first kappa shape index (κ1) is 14.6. The van der Waals surface area contributed by atoms with Gasteiger partial charge in [0.15, 0.2) is 0 Å². The maximum Gasteiger partial charge on any atom is 0.315 e. The van der Waals surface area contributed by atoms with E-state index in [4.69, 9.17) is 4.74 Å². The van der Waals surface area contributed by atoms with Crippen LogP contribution in [0.2, 0.25) is 0 Å². The minimum Gasteiger partial charge on any atom is -0.382 e. The number of nitro benzene ring substituents is 1. The monoisotopic (exact) mass is 279 g/mol. The van der Waals surface area contributed by atoms with E-state index in [1.807, 2.05) is 17.0 Å². The van der Waals surface area contributed by atoms with E-state index in [9.17, 15) is 10.1 Å². The Morgan fingerprint density at radius 3 is 2.85 bits per heavy atom. The third-order valence-corrected chi connectivity index (χ3v) is 4.00. The molecular weight excluding hydrogens is 258 g/mol. The summed E-state index contributed by atoms with van der Waals surface area (Å²) in [7, 11) is 3.39. The fourth-order valence-electron chi connectivity index (χ4n) is 2.74. The summed E-state index contributed by atoms with van der Waals surface area (Å²) in [5.41, 5.74) is 1.34. The molecule has 2 unspecified atom stereocenters. The number of hydrogen-bond donors (Lipinski definition) is 1. The topological polar surface area (TPSA) is 67.6 Å². The molecule has 1 N–H and O–H groups in total. The summed E-state index contributed by atoms with van der Waals surface area (Å²) in [5.74, 6) is 0.475.